The SMILES string of the molecule is Cc1cccc(CC(=O)NC2(C#N)CCN(C)CC2)c1. The molecule has 0 bridgehead atoms. The normalized spacial score (nSPS) is 18.2. The van der Waals surface area contributed by atoms with Gasteiger partial charge >= 0.3 is 0 Å². The van der Waals surface area contributed by atoms with Crippen molar-refractivity contribution in [2.45, 2.75) is 31.7 Å². The molecule has 4 heteroatoms. The topological polar surface area (TPSA) is 56.1 Å². The summed E-state index contributed by atoms with van der Waals surface area (Å²) in [4.78, 5) is 14.3. The summed E-state index contributed by atoms with van der Waals surface area (Å²) in [6.45, 7) is 3.70. The number of amides is 1. The van der Waals surface area contributed by atoms with Crippen LogP contribution >= 0.6 is 0 Å². The Morgan fingerprint density at radius 3 is 2.75 bits per heavy atom. The summed E-state index contributed by atoms with van der Waals surface area (Å²) in [5.41, 5.74) is 1.45. The molecular formula is C16H21N3O. The van der Waals surface area contributed by atoms with Gasteiger partial charge in [0.2, 0.25) is 5.91 Å². The van der Waals surface area contributed by atoms with Crippen LogP contribution in [0.25, 0.3) is 0 Å². The molecule has 0 spiro atoms. The fourth-order valence-corrected chi connectivity index (χ4v) is 2.58. The number of carbonyl (C=O) groups excluding carboxylic acids is 1. The summed E-state index contributed by atoms with van der Waals surface area (Å²) in [5.74, 6) is -0.0679. The first-order valence-electron chi connectivity index (χ1n) is 6.99. The van der Waals surface area contributed by atoms with E-state index in [4.69, 9.17) is 0 Å². The lowest BCUT2D eigenvalue weighted by Gasteiger charge is -2.36. The molecule has 106 valence electrons. The summed E-state index contributed by atoms with van der Waals surface area (Å²) < 4.78 is 0. The zero-order valence-corrected chi connectivity index (χ0v) is 12.1. The molecule has 1 amide bonds. The van der Waals surface area contributed by atoms with Crippen LogP contribution in [0.3, 0.4) is 0 Å². The number of hydrogen-bond donors (Lipinski definition) is 1. The lowest BCUT2D eigenvalue weighted by Crippen LogP contribution is -2.54. The number of piperidine rings is 1. The van der Waals surface area contributed by atoms with Crippen molar-refractivity contribution in [1.82, 2.24) is 10.2 Å². The molecule has 0 saturated carbocycles. The molecule has 1 heterocycles. The van der Waals surface area contributed by atoms with E-state index in [1.807, 2.05) is 38.2 Å². The number of nitrogens with one attached hydrogen (secondary N) is 1. The predicted octanol–water partition coefficient (Wildman–Crippen LogP) is 1.64. The number of carbonyl (C=O) groups is 1. The maximum atomic E-state index is 12.2. The van der Waals surface area contributed by atoms with Gasteiger partial charge in [0.1, 0.15) is 5.54 Å². The third kappa shape index (κ3) is 3.58. The van der Waals surface area contributed by atoms with Gasteiger partial charge in [0.05, 0.1) is 12.5 Å². The molecule has 1 N–H and O–H groups in total. The van der Waals surface area contributed by atoms with Crippen molar-refractivity contribution in [3.05, 3.63) is 35.4 Å². The number of nitrogens with zero attached hydrogens (tertiary/aromatic N) is 2. The molecule has 1 aromatic carbocycles. The molecule has 0 atom stereocenters. The quantitative estimate of drug-likeness (QED) is 0.909. The van der Waals surface area contributed by atoms with Gasteiger partial charge < -0.3 is 10.2 Å². The summed E-state index contributed by atoms with van der Waals surface area (Å²) in [7, 11) is 2.04. The molecule has 2 rings (SSSR count). The summed E-state index contributed by atoms with van der Waals surface area (Å²) in [6, 6.07) is 10.2. The molecule has 20 heavy (non-hydrogen) atoms. The molecule has 1 aliphatic heterocycles. The van der Waals surface area contributed by atoms with Crippen LogP contribution in [0.1, 0.15) is 24.0 Å². The third-order valence-corrected chi connectivity index (χ3v) is 3.88. The lowest BCUT2D eigenvalue weighted by atomic mass is 9.89. The highest BCUT2D eigenvalue weighted by Crippen LogP contribution is 2.21. The molecule has 4 nitrogen and oxygen atoms in total. The van der Waals surface area contributed by atoms with Crippen molar-refractivity contribution in [2.75, 3.05) is 20.1 Å². The van der Waals surface area contributed by atoms with Gasteiger partial charge in [-0.05, 0) is 32.4 Å². The first-order chi connectivity index (χ1) is 9.53. The lowest BCUT2D eigenvalue weighted by molar-refractivity contribution is -0.122. The number of rotatable bonds is 3. The minimum Gasteiger partial charge on any atom is -0.337 e. The smallest absolute Gasteiger partial charge is 0.225 e. The second-order valence-corrected chi connectivity index (χ2v) is 5.71. The van der Waals surface area contributed by atoms with Gasteiger partial charge in [-0.25, -0.2) is 0 Å². The van der Waals surface area contributed by atoms with E-state index in [9.17, 15) is 10.1 Å². The highest BCUT2D eigenvalue weighted by atomic mass is 16.1. The zero-order chi connectivity index (χ0) is 14.6. The molecule has 1 aliphatic rings. The van der Waals surface area contributed by atoms with Crippen molar-refractivity contribution in [3.63, 3.8) is 0 Å². The molecule has 0 unspecified atom stereocenters. The van der Waals surface area contributed by atoms with Gasteiger partial charge in [-0.3, -0.25) is 4.79 Å². The number of hydrogen-bond acceptors (Lipinski definition) is 3. The van der Waals surface area contributed by atoms with Crippen LogP contribution in [-0.2, 0) is 11.2 Å². The number of aryl methyl sites for hydroxylation is 1. The maximum absolute atomic E-state index is 12.2. The monoisotopic (exact) mass is 271 g/mol. The Kier molecular flexibility index (Phi) is 4.41. The molecule has 1 fully saturated rings. The predicted molar refractivity (Wildman–Crippen MR) is 78.1 cm³/mol. The zero-order valence-electron chi connectivity index (χ0n) is 12.1. The highest BCUT2D eigenvalue weighted by Gasteiger charge is 2.35. The highest BCUT2D eigenvalue weighted by molar-refractivity contribution is 5.79. The van der Waals surface area contributed by atoms with E-state index in [0.29, 0.717) is 19.3 Å². The van der Waals surface area contributed by atoms with Crippen LogP contribution in [0.2, 0.25) is 0 Å². The van der Waals surface area contributed by atoms with E-state index >= 15 is 0 Å². The maximum Gasteiger partial charge on any atom is 0.225 e. The van der Waals surface area contributed by atoms with Crippen LogP contribution in [0.4, 0.5) is 0 Å². The van der Waals surface area contributed by atoms with Crippen molar-refractivity contribution < 1.29 is 4.79 Å². The Morgan fingerprint density at radius 1 is 1.45 bits per heavy atom. The standard InChI is InChI=1S/C16H21N3O/c1-13-4-3-5-14(10-13)11-15(20)18-16(12-17)6-8-19(2)9-7-16/h3-5,10H,6-9,11H2,1-2H3,(H,18,20). The first-order valence-corrected chi connectivity index (χ1v) is 6.99. The minimum absolute atomic E-state index is 0.0679. The van der Waals surface area contributed by atoms with E-state index in [1.165, 1.54) is 0 Å². The molecular weight excluding hydrogens is 250 g/mol. The fraction of sp³-hybridized carbons (Fsp3) is 0.500. The second-order valence-electron chi connectivity index (χ2n) is 5.71. The van der Waals surface area contributed by atoms with E-state index in [-0.39, 0.29) is 5.91 Å². The summed E-state index contributed by atoms with van der Waals surface area (Å²) >= 11 is 0. The largest absolute Gasteiger partial charge is 0.337 e. The van der Waals surface area contributed by atoms with Crippen LogP contribution in [0, 0.1) is 18.3 Å². The van der Waals surface area contributed by atoms with Crippen molar-refractivity contribution >= 4 is 5.91 Å². The molecule has 0 radical (unpaired) electrons. The Labute approximate surface area is 120 Å². The molecule has 1 saturated heterocycles. The summed E-state index contributed by atoms with van der Waals surface area (Å²) in [5, 5.41) is 12.3. The van der Waals surface area contributed by atoms with Crippen LogP contribution in [-0.4, -0.2) is 36.5 Å². The van der Waals surface area contributed by atoms with Crippen molar-refractivity contribution in [2.24, 2.45) is 0 Å². The molecule has 1 aromatic rings. The van der Waals surface area contributed by atoms with E-state index in [2.05, 4.69) is 16.3 Å². The first kappa shape index (κ1) is 14.5. The minimum atomic E-state index is -0.687. The summed E-state index contributed by atoms with van der Waals surface area (Å²) in [6.07, 6.45) is 1.72. The van der Waals surface area contributed by atoms with Gasteiger partial charge in [-0.1, -0.05) is 29.8 Å². The van der Waals surface area contributed by atoms with Crippen LogP contribution in [0.15, 0.2) is 24.3 Å². The van der Waals surface area contributed by atoms with E-state index in [0.717, 1.165) is 24.2 Å². The Hall–Kier alpha value is -1.86. The average Bonchev–Trinajstić information content (AvgIpc) is 2.41. The van der Waals surface area contributed by atoms with Gasteiger partial charge in [-0.2, -0.15) is 5.26 Å². The molecule has 0 aliphatic carbocycles. The average molecular weight is 271 g/mol. The van der Waals surface area contributed by atoms with E-state index in [1.54, 1.807) is 0 Å². The Balaban J connectivity index is 1.98. The van der Waals surface area contributed by atoms with Crippen molar-refractivity contribution in [1.29, 1.82) is 5.26 Å². The van der Waals surface area contributed by atoms with Gasteiger partial charge in [0.25, 0.3) is 0 Å². The van der Waals surface area contributed by atoms with Crippen LogP contribution in [0.5, 0.6) is 0 Å². The van der Waals surface area contributed by atoms with Gasteiger partial charge in [0.15, 0.2) is 0 Å². The van der Waals surface area contributed by atoms with Gasteiger partial charge in [-0.15, -0.1) is 0 Å². The second kappa shape index (κ2) is 6.06. The Bertz CT molecular complexity index is 525. The fourth-order valence-electron chi connectivity index (χ4n) is 2.58. The number of likely N-dealkylation sites (tertiary alicyclic amines) is 1. The van der Waals surface area contributed by atoms with Gasteiger partial charge in [0, 0.05) is 13.1 Å². The van der Waals surface area contributed by atoms with Crippen LogP contribution < -0.4 is 5.32 Å². The number of benzene rings is 1. The molecule has 0 aromatic heterocycles. The third-order valence-electron chi connectivity index (χ3n) is 3.88. The van der Waals surface area contributed by atoms with E-state index < -0.39 is 5.54 Å². The Morgan fingerprint density at radius 2 is 2.15 bits per heavy atom. The number of nitriles is 1. The van der Waals surface area contributed by atoms with Crippen molar-refractivity contribution in [3.8, 4) is 6.07 Å².